The number of amides is 1. The number of rotatable bonds is 4. The standard InChI is InChI=1S/C24H18N2O4S/c1-26-19-13-12-18(23(29)30-2)14-20(19)31-24(26)25-22(28)17-10-8-16(9-11-17)21(27)15-6-4-3-5-7-15/h3-14H,1-2H3. The van der Waals surface area contributed by atoms with Crippen LogP contribution in [0, 0.1) is 0 Å². The van der Waals surface area contributed by atoms with Crippen molar-refractivity contribution in [1.82, 2.24) is 4.57 Å². The lowest BCUT2D eigenvalue weighted by Gasteiger charge is -2.02. The van der Waals surface area contributed by atoms with Crippen LogP contribution in [0.25, 0.3) is 10.2 Å². The van der Waals surface area contributed by atoms with Crippen molar-refractivity contribution >= 4 is 39.2 Å². The highest BCUT2D eigenvalue weighted by Gasteiger charge is 2.12. The molecule has 0 aliphatic heterocycles. The van der Waals surface area contributed by atoms with E-state index in [1.165, 1.54) is 18.4 Å². The summed E-state index contributed by atoms with van der Waals surface area (Å²) in [5, 5.41) is 0. The molecule has 1 aromatic heterocycles. The highest BCUT2D eigenvalue weighted by molar-refractivity contribution is 7.16. The van der Waals surface area contributed by atoms with Gasteiger partial charge in [0.1, 0.15) is 0 Å². The first-order valence-corrected chi connectivity index (χ1v) is 10.3. The summed E-state index contributed by atoms with van der Waals surface area (Å²) in [4.78, 5) is 41.7. The highest BCUT2D eigenvalue weighted by Crippen LogP contribution is 2.19. The Hall–Kier alpha value is -3.84. The van der Waals surface area contributed by atoms with E-state index in [9.17, 15) is 14.4 Å². The minimum Gasteiger partial charge on any atom is -0.465 e. The highest BCUT2D eigenvalue weighted by atomic mass is 32.1. The molecular weight excluding hydrogens is 412 g/mol. The van der Waals surface area contributed by atoms with Crippen molar-refractivity contribution in [3.63, 3.8) is 0 Å². The lowest BCUT2D eigenvalue weighted by molar-refractivity contribution is 0.0600. The summed E-state index contributed by atoms with van der Waals surface area (Å²) in [7, 11) is 3.14. The molecule has 0 radical (unpaired) electrons. The van der Waals surface area contributed by atoms with Crippen molar-refractivity contribution in [2.75, 3.05) is 7.11 Å². The molecule has 0 N–H and O–H groups in total. The van der Waals surface area contributed by atoms with Gasteiger partial charge in [-0.1, -0.05) is 53.8 Å². The van der Waals surface area contributed by atoms with Crippen molar-refractivity contribution in [3.05, 3.63) is 99.9 Å². The van der Waals surface area contributed by atoms with Crippen LogP contribution in [0.15, 0.2) is 77.8 Å². The van der Waals surface area contributed by atoms with Crippen LogP contribution in [0.5, 0.6) is 0 Å². The fourth-order valence-electron chi connectivity index (χ4n) is 3.16. The fraction of sp³-hybridized carbons (Fsp3) is 0.0833. The maximum absolute atomic E-state index is 12.7. The molecule has 154 valence electrons. The van der Waals surface area contributed by atoms with E-state index in [-0.39, 0.29) is 5.78 Å². The molecule has 4 rings (SSSR count). The van der Waals surface area contributed by atoms with E-state index < -0.39 is 11.9 Å². The van der Waals surface area contributed by atoms with Crippen molar-refractivity contribution in [2.24, 2.45) is 12.0 Å². The fourth-order valence-corrected chi connectivity index (χ4v) is 4.21. The van der Waals surface area contributed by atoms with Gasteiger partial charge in [-0.2, -0.15) is 4.99 Å². The molecule has 0 unspecified atom stereocenters. The normalized spacial score (nSPS) is 11.5. The number of methoxy groups -OCH3 is 1. The smallest absolute Gasteiger partial charge is 0.337 e. The number of hydrogen-bond acceptors (Lipinski definition) is 5. The van der Waals surface area contributed by atoms with Gasteiger partial charge in [-0.25, -0.2) is 4.79 Å². The second-order valence-electron chi connectivity index (χ2n) is 6.81. The molecule has 6 nitrogen and oxygen atoms in total. The van der Waals surface area contributed by atoms with Gasteiger partial charge in [-0.05, 0) is 30.3 Å². The third-order valence-corrected chi connectivity index (χ3v) is 5.95. The lowest BCUT2D eigenvalue weighted by atomic mass is 10.0. The molecule has 0 fully saturated rings. The van der Waals surface area contributed by atoms with E-state index in [1.807, 2.05) is 25.2 Å². The molecule has 3 aromatic carbocycles. The molecule has 0 bridgehead atoms. The zero-order chi connectivity index (χ0) is 22.0. The molecule has 31 heavy (non-hydrogen) atoms. The number of aromatic nitrogens is 1. The molecular formula is C24H18N2O4S. The van der Waals surface area contributed by atoms with Gasteiger partial charge < -0.3 is 9.30 Å². The third kappa shape index (κ3) is 4.08. The van der Waals surface area contributed by atoms with Crippen molar-refractivity contribution < 1.29 is 19.1 Å². The zero-order valence-corrected chi connectivity index (χ0v) is 17.7. The van der Waals surface area contributed by atoms with Crippen molar-refractivity contribution in [2.45, 2.75) is 0 Å². The molecule has 0 aliphatic carbocycles. The quantitative estimate of drug-likeness (QED) is 0.362. The van der Waals surface area contributed by atoms with E-state index in [2.05, 4.69) is 4.99 Å². The Balaban J connectivity index is 1.62. The van der Waals surface area contributed by atoms with Crippen LogP contribution in [0.4, 0.5) is 0 Å². The van der Waals surface area contributed by atoms with Gasteiger partial charge in [-0.15, -0.1) is 0 Å². The first-order chi connectivity index (χ1) is 15.0. The number of aryl methyl sites for hydroxylation is 1. The maximum atomic E-state index is 12.7. The van der Waals surface area contributed by atoms with Crippen LogP contribution >= 0.6 is 11.3 Å². The van der Waals surface area contributed by atoms with Gasteiger partial charge >= 0.3 is 5.97 Å². The number of hydrogen-bond donors (Lipinski definition) is 0. The van der Waals surface area contributed by atoms with E-state index in [1.54, 1.807) is 59.2 Å². The largest absolute Gasteiger partial charge is 0.465 e. The van der Waals surface area contributed by atoms with Crippen LogP contribution in [0.2, 0.25) is 0 Å². The Morgan fingerprint density at radius 1 is 0.839 bits per heavy atom. The van der Waals surface area contributed by atoms with Crippen LogP contribution in [-0.4, -0.2) is 29.3 Å². The molecule has 0 spiro atoms. The average Bonchev–Trinajstić information content (AvgIpc) is 3.13. The van der Waals surface area contributed by atoms with Crippen LogP contribution in [0.3, 0.4) is 0 Å². The average molecular weight is 430 g/mol. The number of esters is 1. The Bertz CT molecular complexity index is 1370. The number of benzene rings is 3. The summed E-state index contributed by atoms with van der Waals surface area (Å²) in [6.45, 7) is 0. The number of carbonyl (C=O) groups excluding carboxylic acids is 3. The molecule has 1 heterocycles. The summed E-state index contributed by atoms with van der Waals surface area (Å²) in [6, 6.07) is 20.6. The molecule has 4 aromatic rings. The van der Waals surface area contributed by atoms with Gasteiger partial charge in [0, 0.05) is 23.7 Å². The third-order valence-electron chi connectivity index (χ3n) is 4.86. The van der Waals surface area contributed by atoms with E-state index in [4.69, 9.17) is 4.74 Å². The van der Waals surface area contributed by atoms with Crippen LogP contribution in [-0.2, 0) is 11.8 Å². The van der Waals surface area contributed by atoms with Gasteiger partial charge in [0.15, 0.2) is 10.6 Å². The van der Waals surface area contributed by atoms with E-state index in [0.29, 0.717) is 27.1 Å². The number of ketones is 1. The van der Waals surface area contributed by atoms with Crippen molar-refractivity contribution in [1.29, 1.82) is 0 Å². The minimum atomic E-state index is -0.419. The summed E-state index contributed by atoms with van der Waals surface area (Å²) < 4.78 is 7.37. The molecule has 7 heteroatoms. The number of thiazole rings is 1. The summed E-state index contributed by atoms with van der Waals surface area (Å²) in [5.41, 5.74) is 2.78. The molecule has 0 atom stereocenters. The van der Waals surface area contributed by atoms with Gasteiger partial charge in [-0.3, -0.25) is 9.59 Å². The van der Waals surface area contributed by atoms with Crippen LogP contribution < -0.4 is 4.80 Å². The second kappa shape index (κ2) is 8.49. The van der Waals surface area contributed by atoms with Gasteiger partial charge in [0.2, 0.25) is 0 Å². The Labute approximate surface area is 182 Å². The summed E-state index contributed by atoms with van der Waals surface area (Å²) >= 11 is 1.31. The Morgan fingerprint density at radius 3 is 2.13 bits per heavy atom. The molecule has 0 saturated carbocycles. The first-order valence-electron chi connectivity index (χ1n) is 9.44. The van der Waals surface area contributed by atoms with Crippen LogP contribution in [0.1, 0.15) is 36.6 Å². The van der Waals surface area contributed by atoms with Gasteiger partial charge in [0.25, 0.3) is 5.91 Å². The predicted octanol–water partition coefficient (Wildman–Crippen LogP) is 4.00. The topological polar surface area (TPSA) is 77.7 Å². The zero-order valence-electron chi connectivity index (χ0n) is 16.9. The molecule has 0 saturated heterocycles. The monoisotopic (exact) mass is 430 g/mol. The number of nitrogens with zero attached hydrogens (tertiary/aromatic N) is 2. The number of carbonyl (C=O) groups is 3. The molecule has 1 amide bonds. The lowest BCUT2D eigenvalue weighted by Crippen LogP contribution is -2.13. The van der Waals surface area contributed by atoms with E-state index in [0.717, 1.165) is 10.2 Å². The Kier molecular flexibility index (Phi) is 5.60. The van der Waals surface area contributed by atoms with Crippen molar-refractivity contribution in [3.8, 4) is 0 Å². The Morgan fingerprint density at radius 2 is 1.45 bits per heavy atom. The second-order valence-corrected chi connectivity index (χ2v) is 7.82. The summed E-state index contributed by atoms with van der Waals surface area (Å²) in [5.74, 6) is -0.930. The first kappa shape index (κ1) is 20.4. The minimum absolute atomic E-state index is 0.103. The summed E-state index contributed by atoms with van der Waals surface area (Å²) in [6.07, 6.45) is 0. The number of fused-ring (bicyclic) bond motifs is 1. The SMILES string of the molecule is COC(=O)c1ccc2c(c1)sc(=NC(=O)c1ccc(C(=O)c3ccccc3)cc1)n2C. The molecule has 0 aliphatic rings. The number of ether oxygens (including phenoxy) is 1. The predicted molar refractivity (Wildman–Crippen MR) is 118 cm³/mol. The van der Waals surface area contributed by atoms with E-state index >= 15 is 0 Å². The van der Waals surface area contributed by atoms with Gasteiger partial charge in [0.05, 0.1) is 22.9 Å². The maximum Gasteiger partial charge on any atom is 0.337 e.